The molecule has 0 aliphatic heterocycles. The molecule has 9 heteroatoms. The number of fused-ring (bicyclic) bond motifs is 1. The molecule has 0 atom stereocenters. The molecule has 0 fully saturated rings. The first-order valence-corrected chi connectivity index (χ1v) is 8.73. The SMILES string of the molecule is Cc1c(C(C)(C)C(=O)O)c2c(F)c(O)c(F)cc2n1C(=O)c1ccc(Cl)c(F)c1. The van der Waals surface area contributed by atoms with Crippen LogP contribution in [-0.4, -0.2) is 26.7 Å². The normalized spacial score (nSPS) is 11.8. The van der Waals surface area contributed by atoms with Crippen LogP contribution in [0, 0.1) is 24.4 Å². The van der Waals surface area contributed by atoms with Crippen molar-refractivity contribution < 1.29 is 33.0 Å². The van der Waals surface area contributed by atoms with Crippen molar-refractivity contribution in [3.63, 3.8) is 0 Å². The fraction of sp³-hybridized carbons (Fsp3) is 0.200. The summed E-state index contributed by atoms with van der Waals surface area (Å²) in [5, 5.41) is 18.7. The number of carboxylic acid groups (broad SMARTS) is 1. The van der Waals surface area contributed by atoms with Crippen molar-refractivity contribution in [3.8, 4) is 5.75 Å². The third kappa shape index (κ3) is 3.04. The Morgan fingerprint density at radius 3 is 2.28 bits per heavy atom. The van der Waals surface area contributed by atoms with Gasteiger partial charge in [-0.15, -0.1) is 0 Å². The van der Waals surface area contributed by atoms with Gasteiger partial charge in [0, 0.05) is 28.3 Å². The summed E-state index contributed by atoms with van der Waals surface area (Å²) < 4.78 is 43.6. The first-order chi connectivity index (χ1) is 13.4. The van der Waals surface area contributed by atoms with Crippen LogP contribution in [0.15, 0.2) is 24.3 Å². The molecule has 0 unspecified atom stereocenters. The maximum atomic E-state index is 14.8. The molecule has 2 N–H and O–H groups in total. The molecule has 5 nitrogen and oxygen atoms in total. The largest absolute Gasteiger partial charge is 0.503 e. The van der Waals surface area contributed by atoms with Crippen LogP contribution >= 0.6 is 11.6 Å². The minimum atomic E-state index is -1.69. The minimum Gasteiger partial charge on any atom is -0.503 e. The van der Waals surface area contributed by atoms with Crippen LogP contribution in [-0.2, 0) is 10.2 Å². The van der Waals surface area contributed by atoms with Crippen molar-refractivity contribution in [1.29, 1.82) is 0 Å². The number of rotatable bonds is 3. The fourth-order valence-corrected chi connectivity index (χ4v) is 3.49. The predicted octanol–water partition coefficient (Wildman–Crippen LogP) is 4.78. The Kier molecular flexibility index (Phi) is 4.86. The maximum Gasteiger partial charge on any atom is 0.313 e. The van der Waals surface area contributed by atoms with Gasteiger partial charge >= 0.3 is 5.97 Å². The number of nitrogens with zero attached hydrogens (tertiary/aromatic N) is 1. The number of aliphatic carboxylic acids is 1. The van der Waals surface area contributed by atoms with Gasteiger partial charge in [0.05, 0.1) is 16.0 Å². The molecule has 0 saturated carbocycles. The molecule has 0 aliphatic carbocycles. The molecule has 29 heavy (non-hydrogen) atoms. The minimum absolute atomic E-state index is 0.0108. The summed E-state index contributed by atoms with van der Waals surface area (Å²) in [5.74, 6) is -7.05. The number of carbonyl (C=O) groups is 2. The number of carboxylic acids is 1. The van der Waals surface area contributed by atoms with Crippen LogP contribution in [0.4, 0.5) is 13.2 Å². The lowest BCUT2D eigenvalue weighted by Crippen LogP contribution is -2.29. The van der Waals surface area contributed by atoms with Gasteiger partial charge in [0.25, 0.3) is 5.91 Å². The molecule has 0 saturated heterocycles. The third-order valence-corrected chi connectivity index (χ3v) is 5.20. The Bertz CT molecular complexity index is 1200. The van der Waals surface area contributed by atoms with Gasteiger partial charge in [-0.05, 0) is 39.0 Å². The number of aromatic nitrogens is 1. The zero-order valence-corrected chi connectivity index (χ0v) is 16.2. The molecule has 2 aromatic carbocycles. The smallest absolute Gasteiger partial charge is 0.313 e. The lowest BCUT2D eigenvalue weighted by Gasteiger charge is -2.20. The monoisotopic (exact) mass is 425 g/mol. The summed E-state index contributed by atoms with van der Waals surface area (Å²) in [6.45, 7) is 3.93. The molecular formula is C20H15ClF3NO4. The van der Waals surface area contributed by atoms with Gasteiger partial charge in [0.2, 0.25) is 0 Å². The van der Waals surface area contributed by atoms with Gasteiger partial charge < -0.3 is 10.2 Å². The van der Waals surface area contributed by atoms with Crippen molar-refractivity contribution in [2.24, 2.45) is 0 Å². The summed E-state index contributed by atoms with van der Waals surface area (Å²) in [5.41, 5.74) is -2.25. The first kappa shape index (κ1) is 20.7. The van der Waals surface area contributed by atoms with Crippen LogP contribution in [0.3, 0.4) is 0 Å². The van der Waals surface area contributed by atoms with E-state index in [1.807, 2.05) is 0 Å². The van der Waals surface area contributed by atoms with E-state index in [4.69, 9.17) is 11.6 Å². The number of carbonyl (C=O) groups excluding carboxylic acids is 1. The highest BCUT2D eigenvalue weighted by atomic mass is 35.5. The highest BCUT2D eigenvalue weighted by molar-refractivity contribution is 6.30. The van der Waals surface area contributed by atoms with Gasteiger partial charge in [-0.1, -0.05) is 11.6 Å². The van der Waals surface area contributed by atoms with E-state index >= 15 is 0 Å². The Balaban J connectivity index is 2.45. The lowest BCUT2D eigenvalue weighted by atomic mass is 9.82. The number of hydrogen-bond acceptors (Lipinski definition) is 3. The zero-order chi connectivity index (χ0) is 21.8. The quantitative estimate of drug-likeness (QED) is 0.633. The van der Waals surface area contributed by atoms with E-state index in [-0.39, 0.29) is 27.4 Å². The maximum absolute atomic E-state index is 14.8. The van der Waals surface area contributed by atoms with Crippen molar-refractivity contribution in [1.82, 2.24) is 4.57 Å². The molecule has 3 rings (SSSR count). The van der Waals surface area contributed by atoms with E-state index in [9.17, 15) is 33.0 Å². The average Bonchev–Trinajstić information content (AvgIpc) is 2.93. The molecule has 1 heterocycles. The van der Waals surface area contributed by atoms with Crippen molar-refractivity contribution in [2.75, 3.05) is 0 Å². The van der Waals surface area contributed by atoms with Crippen LogP contribution in [0.2, 0.25) is 5.02 Å². The number of phenolic OH excluding ortho intramolecular Hbond substituents is 1. The Morgan fingerprint density at radius 1 is 1.10 bits per heavy atom. The number of benzene rings is 2. The standard InChI is InChI=1S/C20H15ClF3NO4/c1-8-15(20(2,3)19(28)29)14-13(7-12(23)17(26)16(14)24)25(8)18(27)9-4-5-10(21)11(22)6-9/h4-7,26H,1-3H3,(H,28,29). The van der Waals surface area contributed by atoms with E-state index < -0.39 is 45.9 Å². The highest BCUT2D eigenvalue weighted by Crippen LogP contribution is 2.41. The average molecular weight is 426 g/mol. The summed E-state index contributed by atoms with van der Waals surface area (Å²) >= 11 is 5.63. The number of phenols is 1. The molecular weight excluding hydrogens is 411 g/mol. The van der Waals surface area contributed by atoms with Gasteiger partial charge in [-0.25, -0.2) is 13.2 Å². The predicted molar refractivity (Wildman–Crippen MR) is 100 cm³/mol. The Labute approximate surface area is 167 Å². The molecule has 3 aromatic rings. The van der Waals surface area contributed by atoms with Gasteiger partial charge in [0.1, 0.15) is 5.82 Å². The Hall–Kier alpha value is -3.00. The van der Waals surface area contributed by atoms with E-state index in [0.717, 1.165) is 22.8 Å². The molecule has 152 valence electrons. The third-order valence-electron chi connectivity index (χ3n) is 4.89. The fourth-order valence-electron chi connectivity index (χ4n) is 3.38. The van der Waals surface area contributed by atoms with Crippen molar-refractivity contribution >= 4 is 34.4 Å². The number of halogens is 4. The summed E-state index contributed by atoms with van der Waals surface area (Å²) in [4.78, 5) is 24.9. The highest BCUT2D eigenvalue weighted by Gasteiger charge is 2.38. The summed E-state index contributed by atoms with van der Waals surface area (Å²) in [6, 6.07) is 3.98. The van der Waals surface area contributed by atoms with E-state index in [1.54, 1.807) is 0 Å². The van der Waals surface area contributed by atoms with Crippen LogP contribution in [0.1, 0.15) is 35.5 Å². The molecule has 0 spiro atoms. The topological polar surface area (TPSA) is 79.5 Å². The van der Waals surface area contributed by atoms with Crippen molar-refractivity contribution in [2.45, 2.75) is 26.2 Å². The van der Waals surface area contributed by atoms with Gasteiger partial charge in [-0.2, -0.15) is 0 Å². The molecule has 0 bridgehead atoms. The van der Waals surface area contributed by atoms with Gasteiger partial charge in [0.15, 0.2) is 17.4 Å². The number of aromatic hydroxyl groups is 1. The van der Waals surface area contributed by atoms with E-state index in [1.165, 1.54) is 26.8 Å². The molecule has 1 aromatic heterocycles. The lowest BCUT2D eigenvalue weighted by molar-refractivity contribution is -0.142. The zero-order valence-electron chi connectivity index (χ0n) is 15.5. The second-order valence-corrected chi connectivity index (χ2v) is 7.48. The second kappa shape index (κ2) is 6.81. The van der Waals surface area contributed by atoms with E-state index in [2.05, 4.69) is 0 Å². The molecule has 0 aliphatic rings. The molecule has 0 radical (unpaired) electrons. The first-order valence-electron chi connectivity index (χ1n) is 8.35. The van der Waals surface area contributed by atoms with Crippen LogP contribution in [0.5, 0.6) is 5.75 Å². The van der Waals surface area contributed by atoms with Crippen LogP contribution in [0.25, 0.3) is 10.9 Å². The number of hydrogen-bond donors (Lipinski definition) is 2. The van der Waals surface area contributed by atoms with Crippen LogP contribution < -0.4 is 0 Å². The summed E-state index contributed by atoms with van der Waals surface area (Å²) in [7, 11) is 0. The second-order valence-electron chi connectivity index (χ2n) is 7.08. The summed E-state index contributed by atoms with van der Waals surface area (Å²) in [6.07, 6.45) is 0. The molecule has 0 amide bonds. The van der Waals surface area contributed by atoms with E-state index in [0.29, 0.717) is 0 Å². The van der Waals surface area contributed by atoms with Crippen molar-refractivity contribution in [3.05, 3.63) is 63.6 Å². The van der Waals surface area contributed by atoms with Gasteiger partial charge in [-0.3, -0.25) is 14.2 Å². The Morgan fingerprint density at radius 2 is 1.72 bits per heavy atom.